The summed E-state index contributed by atoms with van der Waals surface area (Å²) in [4.78, 5) is 34.8. The van der Waals surface area contributed by atoms with E-state index < -0.39 is 0 Å². The average Bonchev–Trinajstić information content (AvgIpc) is 3.04. The number of hydrogen-bond donors (Lipinski definition) is 3. The molecule has 1 unspecified atom stereocenters. The summed E-state index contributed by atoms with van der Waals surface area (Å²) in [6, 6.07) is 0.519. The van der Waals surface area contributed by atoms with Crippen LogP contribution in [0.4, 0.5) is 11.9 Å². The van der Waals surface area contributed by atoms with Crippen molar-refractivity contribution in [2.45, 2.75) is 37.8 Å². The summed E-state index contributed by atoms with van der Waals surface area (Å²) in [6.07, 6.45) is 6.51. The van der Waals surface area contributed by atoms with Crippen LogP contribution in [0, 0.1) is 0 Å². The third-order valence-corrected chi connectivity index (χ3v) is 5.03. The van der Waals surface area contributed by atoms with Crippen molar-refractivity contribution in [3.05, 3.63) is 17.3 Å². The number of carbonyl (C=O) groups is 2. The van der Waals surface area contributed by atoms with Crippen molar-refractivity contribution in [1.82, 2.24) is 24.9 Å². The first-order valence-corrected chi connectivity index (χ1v) is 9.14. The topological polar surface area (TPSA) is 131 Å². The molecule has 2 amide bonds. The number of carbonyl (C=O) groups excluding carboxylic acids is 2. The summed E-state index contributed by atoms with van der Waals surface area (Å²) in [5, 5.41) is 10.1. The third-order valence-electron chi connectivity index (χ3n) is 5.03. The lowest BCUT2D eigenvalue weighted by atomic mass is 10.1. The van der Waals surface area contributed by atoms with Crippen LogP contribution >= 0.6 is 0 Å². The Morgan fingerprint density at radius 3 is 2.78 bits per heavy atom. The first-order chi connectivity index (χ1) is 13.1. The number of imide groups is 1. The fourth-order valence-corrected chi connectivity index (χ4v) is 3.41. The fourth-order valence-electron chi connectivity index (χ4n) is 3.41. The molecule has 0 spiro atoms. The Balaban J connectivity index is 1.59. The number of anilines is 2. The normalized spacial score (nSPS) is 24.3. The minimum Gasteiger partial charge on any atom is -0.351 e. The number of fused-ring (bicyclic) bond motifs is 1. The van der Waals surface area contributed by atoms with Gasteiger partial charge in [-0.3, -0.25) is 14.9 Å². The highest BCUT2D eigenvalue weighted by molar-refractivity contribution is 6.15. The maximum absolute atomic E-state index is 11.9. The van der Waals surface area contributed by atoms with Crippen molar-refractivity contribution in [2.75, 3.05) is 23.3 Å². The first-order valence-electron chi connectivity index (χ1n) is 9.14. The predicted octanol–water partition coefficient (Wildman–Crippen LogP) is -0.334. The highest BCUT2D eigenvalue weighted by atomic mass is 16.2. The second-order valence-electron chi connectivity index (χ2n) is 7.32. The molecule has 3 fully saturated rings. The Labute approximate surface area is 154 Å². The van der Waals surface area contributed by atoms with Gasteiger partial charge < -0.3 is 16.0 Å². The fraction of sp³-hybridized carbons (Fsp3) is 0.471. The van der Waals surface area contributed by atoms with Crippen LogP contribution in [-0.2, 0) is 9.59 Å². The number of nitrogens with one attached hydrogen (secondary N) is 2. The first kappa shape index (κ1) is 16.2. The molecule has 3 aliphatic rings. The van der Waals surface area contributed by atoms with Gasteiger partial charge in [-0.25, -0.2) is 0 Å². The Morgan fingerprint density at radius 2 is 2.11 bits per heavy atom. The predicted molar refractivity (Wildman–Crippen MR) is 98.0 cm³/mol. The van der Waals surface area contributed by atoms with Gasteiger partial charge in [0.25, 0.3) is 5.91 Å². The number of nitrogens with zero attached hydrogens (tertiary/aromatic N) is 5. The summed E-state index contributed by atoms with van der Waals surface area (Å²) < 4.78 is 1.65. The molecule has 10 heteroatoms. The molecule has 0 bridgehead atoms. The number of aromatic nitrogens is 4. The minimum absolute atomic E-state index is 0.0717. The molecule has 2 aliphatic heterocycles. The SMILES string of the molecule is NC1CCN(c2nc(NC3CC3)n3ncc(/C=C4\CC(=O)NC4=O)c3n2)C1. The molecular formula is C17H20N8O2. The van der Waals surface area contributed by atoms with E-state index in [0.717, 1.165) is 25.8 Å². The molecule has 0 aromatic carbocycles. The average molecular weight is 368 g/mol. The van der Waals surface area contributed by atoms with Crippen molar-refractivity contribution in [3.8, 4) is 0 Å². The summed E-state index contributed by atoms with van der Waals surface area (Å²) in [7, 11) is 0. The summed E-state index contributed by atoms with van der Waals surface area (Å²) in [6.45, 7) is 1.52. The van der Waals surface area contributed by atoms with Gasteiger partial charge in [0, 0.05) is 36.3 Å². The zero-order valence-corrected chi connectivity index (χ0v) is 14.7. The van der Waals surface area contributed by atoms with E-state index in [4.69, 9.17) is 5.73 Å². The molecule has 1 saturated carbocycles. The number of amides is 2. The van der Waals surface area contributed by atoms with Crippen LogP contribution in [0.15, 0.2) is 11.8 Å². The molecule has 0 radical (unpaired) electrons. The van der Waals surface area contributed by atoms with Gasteiger partial charge in [-0.1, -0.05) is 0 Å². The van der Waals surface area contributed by atoms with Gasteiger partial charge in [0.05, 0.1) is 12.6 Å². The van der Waals surface area contributed by atoms with Gasteiger partial charge in [0.15, 0.2) is 5.65 Å². The van der Waals surface area contributed by atoms with E-state index >= 15 is 0 Å². The molecule has 10 nitrogen and oxygen atoms in total. The largest absolute Gasteiger partial charge is 0.351 e. The lowest BCUT2D eigenvalue weighted by Gasteiger charge is -2.17. The quantitative estimate of drug-likeness (QED) is 0.494. The van der Waals surface area contributed by atoms with E-state index in [2.05, 4.69) is 30.6 Å². The molecule has 27 heavy (non-hydrogen) atoms. The van der Waals surface area contributed by atoms with Crippen LogP contribution in [0.25, 0.3) is 11.7 Å². The van der Waals surface area contributed by atoms with Crippen LogP contribution in [-0.4, -0.2) is 56.6 Å². The van der Waals surface area contributed by atoms with Gasteiger partial charge in [-0.2, -0.15) is 19.6 Å². The zero-order chi connectivity index (χ0) is 18.5. The number of rotatable bonds is 4. The molecule has 1 aliphatic carbocycles. The molecule has 4 heterocycles. The molecule has 4 N–H and O–H groups in total. The zero-order valence-electron chi connectivity index (χ0n) is 14.7. The highest BCUT2D eigenvalue weighted by Crippen LogP contribution is 2.27. The Morgan fingerprint density at radius 1 is 1.26 bits per heavy atom. The van der Waals surface area contributed by atoms with E-state index in [9.17, 15) is 9.59 Å². The van der Waals surface area contributed by atoms with Crippen LogP contribution in [0.3, 0.4) is 0 Å². The van der Waals surface area contributed by atoms with Crippen LogP contribution in [0.2, 0.25) is 0 Å². The molecule has 5 rings (SSSR count). The van der Waals surface area contributed by atoms with Crippen molar-refractivity contribution >= 4 is 35.4 Å². The Kier molecular flexibility index (Phi) is 3.61. The molecular weight excluding hydrogens is 348 g/mol. The molecule has 2 aromatic heterocycles. The highest BCUT2D eigenvalue weighted by Gasteiger charge is 2.28. The van der Waals surface area contributed by atoms with Crippen LogP contribution < -0.4 is 21.3 Å². The standard InChI is InChI=1S/C17H20N8O2/c18-11-3-4-24(8-11)16-22-14-10(5-9-6-13(26)21-15(9)27)7-19-25(14)17(23-16)20-12-1-2-12/h5,7,11-12H,1-4,6,8,18H2,(H,20,22,23)(H,21,26,27)/b9-5+. The van der Waals surface area contributed by atoms with Gasteiger partial charge in [-0.15, -0.1) is 0 Å². The lowest BCUT2D eigenvalue weighted by Crippen LogP contribution is -2.28. The smallest absolute Gasteiger partial charge is 0.254 e. The Hall–Kier alpha value is -3.01. The second kappa shape index (κ2) is 6.02. The van der Waals surface area contributed by atoms with Gasteiger partial charge >= 0.3 is 0 Å². The van der Waals surface area contributed by atoms with Gasteiger partial charge in [-0.05, 0) is 25.3 Å². The summed E-state index contributed by atoms with van der Waals surface area (Å²) >= 11 is 0. The lowest BCUT2D eigenvalue weighted by molar-refractivity contribution is -0.124. The van der Waals surface area contributed by atoms with Crippen molar-refractivity contribution in [3.63, 3.8) is 0 Å². The van der Waals surface area contributed by atoms with Gasteiger partial charge in [0.1, 0.15) is 0 Å². The van der Waals surface area contributed by atoms with E-state index in [1.807, 2.05) is 0 Å². The van der Waals surface area contributed by atoms with E-state index in [0.29, 0.717) is 41.3 Å². The van der Waals surface area contributed by atoms with E-state index in [-0.39, 0.29) is 24.3 Å². The van der Waals surface area contributed by atoms with Gasteiger partial charge in [0.2, 0.25) is 17.8 Å². The van der Waals surface area contributed by atoms with Crippen molar-refractivity contribution in [1.29, 1.82) is 0 Å². The monoisotopic (exact) mass is 368 g/mol. The molecule has 2 saturated heterocycles. The third kappa shape index (κ3) is 3.01. The number of hydrogen-bond acceptors (Lipinski definition) is 8. The van der Waals surface area contributed by atoms with E-state index in [1.54, 1.807) is 16.8 Å². The van der Waals surface area contributed by atoms with E-state index in [1.165, 1.54) is 0 Å². The van der Waals surface area contributed by atoms with Crippen molar-refractivity contribution < 1.29 is 9.59 Å². The van der Waals surface area contributed by atoms with Crippen molar-refractivity contribution in [2.24, 2.45) is 5.73 Å². The summed E-state index contributed by atoms with van der Waals surface area (Å²) in [5.41, 5.74) is 7.73. The minimum atomic E-state index is -0.365. The Bertz CT molecular complexity index is 977. The number of nitrogens with two attached hydrogens (primary N) is 1. The molecule has 2 aromatic rings. The maximum atomic E-state index is 11.9. The van der Waals surface area contributed by atoms with Crippen LogP contribution in [0.5, 0.6) is 0 Å². The van der Waals surface area contributed by atoms with Crippen LogP contribution in [0.1, 0.15) is 31.2 Å². The second-order valence-corrected chi connectivity index (χ2v) is 7.32. The summed E-state index contributed by atoms with van der Waals surface area (Å²) in [5.74, 6) is 0.580. The maximum Gasteiger partial charge on any atom is 0.254 e. The molecule has 140 valence electrons. The molecule has 1 atom stereocenters.